The van der Waals surface area contributed by atoms with Gasteiger partial charge in [0.1, 0.15) is 0 Å². The first-order valence-corrected chi connectivity index (χ1v) is 9.19. The van der Waals surface area contributed by atoms with Crippen LogP contribution in [0.5, 0.6) is 0 Å². The summed E-state index contributed by atoms with van der Waals surface area (Å²) in [6, 6.07) is 13.4. The van der Waals surface area contributed by atoms with E-state index in [0.717, 1.165) is 6.42 Å². The topological polar surface area (TPSA) is 0 Å². The van der Waals surface area contributed by atoms with Crippen molar-refractivity contribution >= 4 is 6.08 Å². The van der Waals surface area contributed by atoms with Crippen LogP contribution < -0.4 is 0 Å². The zero-order valence-corrected chi connectivity index (χ0v) is 16.0. The van der Waals surface area contributed by atoms with Crippen molar-refractivity contribution < 1.29 is 0 Å². The van der Waals surface area contributed by atoms with Crippen molar-refractivity contribution in [3.63, 3.8) is 0 Å². The lowest BCUT2D eigenvalue weighted by molar-refractivity contribution is 0.586. The molecule has 0 N–H and O–H groups in total. The first-order chi connectivity index (χ1) is 11.3. The molecule has 2 aromatic carbocycles. The Morgan fingerprint density at radius 3 is 2.29 bits per heavy atom. The molecule has 0 saturated heterocycles. The smallest absolute Gasteiger partial charge is 0.00515 e. The van der Waals surface area contributed by atoms with Crippen molar-refractivity contribution in [3.8, 4) is 11.1 Å². The van der Waals surface area contributed by atoms with Crippen molar-refractivity contribution in [2.75, 3.05) is 0 Å². The summed E-state index contributed by atoms with van der Waals surface area (Å²) in [5.41, 5.74) is 10.5. The molecule has 0 fully saturated rings. The molecule has 0 atom stereocenters. The Morgan fingerprint density at radius 1 is 1.04 bits per heavy atom. The minimum Gasteiger partial charge on any atom is -0.0649 e. The number of hydrogen-bond donors (Lipinski definition) is 0. The molecule has 0 nitrogen and oxygen atoms in total. The van der Waals surface area contributed by atoms with E-state index < -0.39 is 0 Å². The third-order valence-electron chi connectivity index (χ3n) is 5.03. The van der Waals surface area contributed by atoms with Gasteiger partial charge in [-0.2, -0.15) is 0 Å². The highest BCUT2D eigenvalue weighted by atomic mass is 14.3. The normalized spacial score (nSPS) is 14.0. The zero-order chi connectivity index (χ0) is 17.5. The van der Waals surface area contributed by atoms with Crippen LogP contribution in [0.4, 0.5) is 0 Å². The fourth-order valence-corrected chi connectivity index (χ4v) is 4.10. The van der Waals surface area contributed by atoms with Gasteiger partial charge in [0, 0.05) is 0 Å². The number of hydrogen-bond acceptors (Lipinski definition) is 0. The summed E-state index contributed by atoms with van der Waals surface area (Å²) in [7, 11) is 0. The van der Waals surface area contributed by atoms with Crippen molar-refractivity contribution in [2.45, 2.75) is 59.8 Å². The van der Waals surface area contributed by atoms with E-state index in [1.807, 2.05) is 0 Å². The highest BCUT2D eigenvalue weighted by molar-refractivity contribution is 5.81. The summed E-state index contributed by atoms with van der Waals surface area (Å²) in [6.07, 6.45) is 4.77. The molecule has 0 spiro atoms. The van der Waals surface area contributed by atoms with E-state index in [-0.39, 0.29) is 5.41 Å². The molecule has 0 unspecified atom stereocenters. The number of rotatable bonds is 3. The summed E-state index contributed by atoms with van der Waals surface area (Å²) in [4.78, 5) is 0. The third kappa shape index (κ3) is 3.20. The van der Waals surface area contributed by atoms with Crippen LogP contribution in [0.3, 0.4) is 0 Å². The van der Waals surface area contributed by atoms with Gasteiger partial charge in [-0.15, -0.1) is 0 Å². The Hall–Kier alpha value is -1.82. The average molecular weight is 319 g/mol. The van der Waals surface area contributed by atoms with Crippen LogP contribution >= 0.6 is 0 Å². The lowest BCUT2D eigenvalue weighted by atomic mass is 9.78. The van der Waals surface area contributed by atoms with E-state index in [4.69, 9.17) is 0 Å². The largest absolute Gasteiger partial charge is 0.0649 e. The highest BCUT2D eigenvalue weighted by Crippen LogP contribution is 2.42. The molecule has 0 amide bonds. The number of allylic oxidation sites excluding steroid dienone is 1. The van der Waals surface area contributed by atoms with Gasteiger partial charge in [0.15, 0.2) is 0 Å². The summed E-state index contributed by atoms with van der Waals surface area (Å²) < 4.78 is 0. The monoisotopic (exact) mass is 318 g/mol. The van der Waals surface area contributed by atoms with Gasteiger partial charge in [-0.1, -0.05) is 82.7 Å². The second-order valence-electron chi connectivity index (χ2n) is 8.69. The van der Waals surface area contributed by atoms with Crippen LogP contribution in [0.1, 0.15) is 63.3 Å². The zero-order valence-electron chi connectivity index (χ0n) is 16.0. The molecule has 0 radical (unpaired) electrons. The van der Waals surface area contributed by atoms with E-state index in [1.54, 1.807) is 5.57 Å². The lowest BCUT2D eigenvalue weighted by Gasteiger charge is -2.26. The maximum atomic E-state index is 2.45. The number of benzene rings is 2. The number of fused-ring (bicyclic) bond motifs is 1. The minimum atomic E-state index is 0.164. The highest BCUT2D eigenvalue weighted by Gasteiger charge is 2.25. The predicted molar refractivity (Wildman–Crippen MR) is 106 cm³/mol. The fraction of sp³-hybridized carbons (Fsp3) is 0.417. The first kappa shape index (κ1) is 17.0. The van der Waals surface area contributed by atoms with E-state index in [0.29, 0.717) is 5.92 Å². The molecule has 0 heterocycles. The molecule has 24 heavy (non-hydrogen) atoms. The molecule has 3 rings (SSSR count). The van der Waals surface area contributed by atoms with Crippen LogP contribution in [-0.4, -0.2) is 0 Å². The average Bonchev–Trinajstić information content (AvgIpc) is 2.87. The van der Waals surface area contributed by atoms with E-state index in [1.165, 1.54) is 39.8 Å². The summed E-state index contributed by atoms with van der Waals surface area (Å²) in [5.74, 6) is 0.717. The third-order valence-corrected chi connectivity index (χ3v) is 5.03. The van der Waals surface area contributed by atoms with Gasteiger partial charge in [0.2, 0.25) is 0 Å². The summed E-state index contributed by atoms with van der Waals surface area (Å²) in [5, 5.41) is 0. The SMILES string of the molecule is Cc1c(C(C)(C)C)cc2c(c1-c1ccccc1)CC(CC(C)C)=C2. The molecule has 2 aromatic rings. The Kier molecular flexibility index (Phi) is 4.42. The van der Waals surface area contributed by atoms with Gasteiger partial charge in [0.25, 0.3) is 0 Å². The van der Waals surface area contributed by atoms with Gasteiger partial charge in [-0.25, -0.2) is 0 Å². The molecular weight excluding hydrogens is 288 g/mol. The van der Waals surface area contributed by atoms with Crippen LogP contribution in [0, 0.1) is 12.8 Å². The van der Waals surface area contributed by atoms with Crippen LogP contribution in [-0.2, 0) is 11.8 Å². The molecular formula is C24H30. The molecule has 1 aliphatic carbocycles. The second kappa shape index (κ2) is 6.24. The van der Waals surface area contributed by atoms with Crippen LogP contribution in [0.25, 0.3) is 17.2 Å². The van der Waals surface area contributed by atoms with Crippen molar-refractivity contribution in [2.24, 2.45) is 5.92 Å². The molecule has 0 saturated carbocycles. The van der Waals surface area contributed by atoms with E-state index in [9.17, 15) is 0 Å². The first-order valence-electron chi connectivity index (χ1n) is 9.19. The van der Waals surface area contributed by atoms with Gasteiger partial charge < -0.3 is 0 Å². The van der Waals surface area contributed by atoms with Crippen molar-refractivity contribution in [1.29, 1.82) is 0 Å². The van der Waals surface area contributed by atoms with Crippen molar-refractivity contribution in [3.05, 3.63) is 64.2 Å². The van der Waals surface area contributed by atoms with Crippen molar-refractivity contribution in [1.82, 2.24) is 0 Å². The Labute approximate surface area is 147 Å². The van der Waals surface area contributed by atoms with Gasteiger partial charge in [-0.3, -0.25) is 0 Å². The second-order valence-corrected chi connectivity index (χ2v) is 8.69. The molecule has 0 aliphatic heterocycles. The Bertz CT molecular complexity index is 768. The van der Waals surface area contributed by atoms with Gasteiger partial charge in [-0.05, 0) is 64.5 Å². The lowest BCUT2D eigenvalue weighted by Crippen LogP contribution is -2.15. The van der Waals surface area contributed by atoms with Crippen LogP contribution in [0.15, 0.2) is 42.0 Å². The van der Waals surface area contributed by atoms with E-state index >= 15 is 0 Å². The predicted octanol–water partition coefficient (Wildman–Crippen LogP) is 6.95. The molecule has 1 aliphatic rings. The summed E-state index contributed by atoms with van der Waals surface area (Å²) >= 11 is 0. The fourth-order valence-electron chi connectivity index (χ4n) is 4.10. The maximum Gasteiger partial charge on any atom is -0.00515 e. The molecule has 0 heteroatoms. The minimum absolute atomic E-state index is 0.164. The maximum absolute atomic E-state index is 2.45. The molecule has 0 aromatic heterocycles. The molecule has 126 valence electrons. The summed E-state index contributed by atoms with van der Waals surface area (Å²) in [6.45, 7) is 13.9. The Balaban J connectivity index is 2.20. The van der Waals surface area contributed by atoms with Gasteiger partial charge in [0.05, 0.1) is 0 Å². The van der Waals surface area contributed by atoms with E-state index in [2.05, 4.69) is 84.0 Å². The molecule has 0 bridgehead atoms. The standard InChI is InChI=1S/C24H30/c1-16(2)12-18-13-20-15-22(24(4,5)6)17(3)23(21(20)14-18)19-10-8-7-9-11-19/h7-11,13,15-16H,12,14H2,1-6H3. The Morgan fingerprint density at radius 2 is 1.71 bits per heavy atom. The van der Waals surface area contributed by atoms with Crippen LogP contribution in [0.2, 0.25) is 0 Å². The quantitative estimate of drug-likeness (QED) is 0.574. The van der Waals surface area contributed by atoms with Gasteiger partial charge >= 0.3 is 0 Å².